The molecule has 2 heterocycles. The van der Waals surface area contributed by atoms with Gasteiger partial charge in [-0.05, 0) is 44.9 Å². The van der Waals surface area contributed by atoms with Crippen LogP contribution in [0.15, 0.2) is 23.1 Å². The van der Waals surface area contributed by atoms with Crippen LogP contribution in [0.25, 0.3) is 10.9 Å². The molecule has 0 bridgehead atoms. The maximum absolute atomic E-state index is 12.9. The van der Waals surface area contributed by atoms with Gasteiger partial charge in [0.25, 0.3) is 0 Å². The molecule has 1 atom stereocenters. The molecule has 2 aromatic rings. The zero-order valence-electron chi connectivity index (χ0n) is 19.1. The third kappa shape index (κ3) is 4.42. The molecule has 1 aliphatic heterocycles. The van der Waals surface area contributed by atoms with E-state index in [0.717, 1.165) is 17.3 Å². The van der Waals surface area contributed by atoms with Crippen molar-refractivity contribution in [3.05, 3.63) is 29.5 Å². The standard InChI is InChI=1S/C22H30N2O6S/c1-13(2)19-17-11-14-10-15(20(25)29-6)18(31(7,27)28)12-16(14)23(17)8-9-24(19)21(26)30-22(3,4)5/h10-13,19H,8-9H2,1-7H3/t19-/m1/s1. The molecule has 1 amide bonds. The Labute approximate surface area is 183 Å². The SMILES string of the molecule is COC(=O)c1cc2cc3n(c2cc1S(C)(=O)=O)CCN(C(=O)OC(C)(C)C)[C@@H]3C(C)C. The summed E-state index contributed by atoms with van der Waals surface area (Å²) in [5.41, 5.74) is 0.981. The van der Waals surface area contributed by atoms with Gasteiger partial charge in [0.1, 0.15) is 5.60 Å². The highest BCUT2D eigenvalue weighted by Gasteiger charge is 2.37. The van der Waals surface area contributed by atoms with E-state index in [-0.39, 0.29) is 28.5 Å². The average molecular weight is 451 g/mol. The van der Waals surface area contributed by atoms with Gasteiger partial charge in [0.15, 0.2) is 9.84 Å². The number of esters is 1. The maximum Gasteiger partial charge on any atom is 0.410 e. The second-order valence-corrected chi connectivity index (χ2v) is 11.2. The van der Waals surface area contributed by atoms with Crippen LogP contribution in [0.4, 0.5) is 4.79 Å². The fourth-order valence-electron chi connectivity index (χ4n) is 4.12. The van der Waals surface area contributed by atoms with Gasteiger partial charge in [-0.3, -0.25) is 4.90 Å². The Bertz CT molecular complexity index is 1140. The van der Waals surface area contributed by atoms with Crippen LogP contribution in [0.2, 0.25) is 0 Å². The zero-order chi connectivity index (χ0) is 23.3. The Balaban J connectivity index is 2.19. The number of methoxy groups -OCH3 is 1. The van der Waals surface area contributed by atoms with E-state index in [1.807, 2.05) is 45.3 Å². The van der Waals surface area contributed by atoms with E-state index in [4.69, 9.17) is 9.47 Å². The van der Waals surface area contributed by atoms with Crippen LogP contribution in [-0.2, 0) is 25.9 Å². The number of ether oxygens (including phenoxy) is 2. The monoisotopic (exact) mass is 450 g/mol. The summed E-state index contributed by atoms with van der Waals surface area (Å²) in [6.45, 7) is 10.5. The zero-order valence-corrected chi connectivity index (χ0v) is 19.9. The molecule has 0 radical (unpaired) electrons. The van der Waals surface area contributed by atoms with Gasteiger partial charge >= 0.3 is 12.1 Å². The fourth-order valence-corrected chi connectivity index (χ4v) is 4.98. The van der Waals surface area contributed by atoms with Gasteiger partial charge in [-0.15, -0.1) is 0 Å². The highest BCUT2D eigenvalue weighted by atomic mass is 32.2. The van der Waals surface area contributed by atoms with Crippen molar-refractivity contribution < 1.29 is 27.5 Å². The first-order chi connectivity index (χ1) is 14.2. The van der Waals surface area contributed by atoms with Crippen LogP contribution in [0.3, 0.4) is 0 Å². The van der Waals surface area contributed by atoms with E-state index < -0.39 is 21.4 Å². The van der Waals surface area contributed by atoms with Crippen LogP contribution in [0, 0.1) is 5.92 Å². The second-order valence-electron chi connectivity index (χ2n) is 9.25. The molecule has 1 aromatic carbocycles. The lowest BCUT2D eigenvalue weighted by molar-refractivity contribution is 0.00482. The van der Waals surface area contributed by atoms with Gasteiger partial charge in [0, 0.05) is 35.9 Å². The number of carbonyl (C=O) groups excluding carboxylic acids is 2. The Morgan fingerprint density at radius 1 is 1.13 bits per heavy atom. The summed E-state index contributed by atoms with van der Waals surface area (Å²) in [6.07, 6.45) is 0.691. The molecule has 0 N–H and O–H groups in total. The van der Waals surface area contributed by atoms with Gasteiger partial charge in [0.05, 0.1) is 23.6 Å². The van der Waals surface area contributed by atoms with Crippen LogP contribution in [-0.4, -0.2) is 55.5 Å². The molecule has 0 unspecified atom stereocenters. The summed E-state index contributed by atoms with van der Waals surface area (Å²) in [4.78, 5) is 26.8. The van der Waals surface area contributed by atoms with Crippen molar-refractivity contribution in [3.63, 3.8) is 0 Å². The Kier molecular flexibility index (Phi) is 5.86. The number of aromatic nitrogens is 1. The number of fused-ring (bicyclic) bond motifs is 3. The summed E-state index contributed by atoms with van der Waals surface area (Å²) >= 11 is 0. The molecule has 0 saturated heterocycles. The minimum absolute atomic E-state index is 0.00513. The molecule has 3 rings (SSSR count). The average Bonchev–Trinajstić information content (AvgIpc) is 3.00. The summed E-state index contributed by atoms with van der Waals surface area (Å²) in [7, 11) is -2.44. The number of rotatable bonds is 3. The minimum atomic E-state index is -3.66. The number of amides is 1. The topological polar surface area (TPSA) is 94.9 Å². The predicted octanol–water partition coefficient (Wildman–Crippen LogP) is 3.78. The number of carbonyl (C=O) groups is 2. The first-order valence-corrected chi connectivity index (χ1v) is 12.1. The molecule has 0 spiro atoms. The Morgan fingerprint density at radius 3 is 2.29 bits per heavy atom. The summed E-state index contributed by atoms with van der Waals surface area (Å²) < 4.78 is 37.2. The van der Waals surface area contributed by atoms with Gasteiger partial charge in [-0.2, -0.15) is 0 Å². The number of nitrogens with zero attached hydrogens (tertiary/aromatic N) is 2. The lowest BCUT2D eigenvalue weighted by Gasteiger charge is -2.40. The molecule has 1 aromatic heterocycles. The second kappa shape index (κ2) is 7.85. The third-order valence-electron chi connectivity index (χ3n) is 5.30. The lowest BCUT2D eigenvalue weighted by Crippen LogP contribution is -2.46. The van der Waals surface area contributed by atoms with E-state index in [9.17, 15) is 18.0 Å². The van der Waals surface area contributed by atoms with Crippen molar-refractivity contribution in [2.24, 2.45) is 5.92 Å². The van der Waals surface area contributed by atoms with E-state index in [0.29, 0.717) is 18.6 Å². The van der Waals surface area contributed by atoms with Gasteiger partial charge in [-0.25, -0.2) is 18.0 Å². The molecule has 9 heteroatoms. The molecule has 0 aliphatic carbocycles. The number of sulfone groups is 1. The first-order valence-electron chi connectivity index (χ1n) is 10.2. The molecule has 0 saturated carbocycles. The van der Waals surface area contributed by atoms with Crippen molar-refractivity contribution in [1.82, 2.24) is 9.47 Å². The van der Waals surface area contributed by atoms with Gasteiger partial charge in [-0.1, -0.05) is 13.8 Å². The molecular formula is C22H30N2O6S. The van der Waals surface area contributed by atoms with Crippen molar-refractivity contribution in [2.45, 2.75) is 57.7 Å². The van der Waals surface area contributed by atoms with Crippen molar-refractivity contribution in [1.29, 1.82) is 0 Å². The molecule has 8 nitrogen and oxygen atoms in total. The molecule has 31 heavy (non-hydrogen) atoms. The Hall–Kier alpha value is -2.55. The minimum Gasteiger partial charge on any atom is -0.465 e. The maximum atomic E-state index is 12.9. The van der Waals surface area contributed by atoms with E-state index in [1.54, 1.807) is 11.0 Å². The van der Waals surface area contributed by atoms with Crippen LogP contribution < -0.4 is 0 Å². The molecule has 0 fully saturated rings. The highest BCUT2D eigenvalue weighted by molar-refractivity contribution is 7.90. The summed E-state index contributed by atoms with van der Waals surface area (Å²) in [5, 5.41) is 0.722. The largest absolute Gasteiger partial charge is 0.465 e. The number of hydrogen-bond acceptors (Lipinski definition) is 6. The van der Waals surface area contributed by atoms with Crippen LogP contribution in [0.5, 0.6) is 0 Å². The highest BCUT2D eigenvalue weighted by Crippen LogP contribution is 2.38. The quantitative estimate of drug-likeness (QED) is 0.661. The van der Waals surface area contributed by atoms with E-state index >= 15 is 0 Å². The third-order valence-corrected chi connectivity index (χ3v) is 6.44. The summed E-state index contributed by atoms with van der Waals surface area (Å²) in [5.74, 6) is -0.618. The first kappa shape index (κ1) is 23.1. The van der Waals surface area contributed by atoms with Crippen LogP contribution >= 0.6 is 0 Å². The summed E-state index contributed by atoms with van der Waals surface area (Å²) in [6, 6.07) is 4.74. The number of hydrogen-bond donors (Lipinski definition) is 0. The van der Waals surface area contributed by atoms with Gasteiger partial charge < -0.3 is 14.0 Å². The molecular weight excluding hydrogens is 420 g/mol. The van der Waals surface area contributed by atoms with Crippen molar-refractivity contribution >= 4 is 32.8 Å². The van der Waals surface area contributed by atoms with Crippen molar-refractivity contribution in [3.8, 4) is 0 Å². The smallest absolute Gasteiger partial charge is 0.410 e. The van der Waals surface area contributed by atoms with Crippen molar-refractivity contribution in [2.75, 3.05) is 19.9 Å². The predicted molar refractivity (Wildman–Crippen MR) is 117 cm³/mol. The molecule has 1 aliphatic rings. The number of benzene rings is 1. The van der Waals surface area contributed by atoms with Gasteiger partial charge in [0.2, 0.25) is 0 Å². The van der Waals surface area contributed by atoms with E-state index in [1.165, 1.54) is 13.2 Å². The lowest BCUT2D eigenvalue weighted by atomic mass is 9.97. The fraction of sp³-hybridized carbons (Fsp3) is 0.545. The van der Waals surface area contributed by atoms with E-state index in [2.05, 4.69) is 0 Å². The molecule has 170 valence electrons. The normalized spacial score (nSPS) is 17.0. The Morgan fingerprint density at radius 2 is 1.77 bits per heavy atom. The van der Waals surface area contributed by atoms with Crippen LogP contribution in [0.1, 0.15) is 56.7 Å².